The van der Waals surface area contributed by atoms with E-state index >= 15 is 0 Å². The molecule has 25 heavy (non-hydrogen) atoms. The molecule has 0 bridgehead atoms. The zero-order chi connectivity index (χ0) is 18.0. The van der Waals surface area contributed by atoms with Gasteiger partial charge in [0.05, 0.1) is 17.8 Å². The molecule has 2 aromatic carbocycles. The summed E-state index contributed by atoms with van der Waals surface area (Å²) in [7, 11) is -3.35. The van der Waals surface area contributed by atoms with Gasteiger partial charge in [-0.25, -0.2) is 8.42 Å². The second kappa shape index (κ2) is 6.56. The average molecular weight is 358 g/mol. The number of sulfonamides is 1. The molecule has 1 amide bonds. The normalized spacial score (nSPS) is 12.7. The summed E-state index contributed by atoms with van der Waals surface area (Å²) in [5.74, 6) is -0.300. The molecule has 0 aliphatic rings. The molecule has 7 nitrogen and oxygen atoms in total. The Morgan fingerprint density at radius 2 is 1.92 bits per heavy atom. The van der Waals surface area contributed by atoms with Crippen molar-refractivity contribution in [3.05, 3.63) is 59.8 Å². The van der Waals surface area contributed by atoms with Gasteiger partial charge in [-0.1, -0.05) is 30.3 Å². The Bertz CT molecular complexity index is 1030. The van der Waals surface area contributed by atoms with Gasteiger partial charge in [0.15, 0.2) is 5.69 Å². The van der Waals surface area contributed by atoms with Crippen molar-refractivity contribution in [2.24, 2.45) is 0 Å². The maximum atomic E-state index is 12.5. The molecular weight excluding hydrogens is 340 g/mol. The van der Waals surface area contributed by atoms with E-state index in [9.17, 15) is 13.2 Å². The van der Waals surface area contributed by atoms with Crippen LogP contribution in [0.2, 0.25) is 0 Å². The van der Waals surface area contributed by atoms with Crippen LogP contribution in [-0.4, -0.2) is 30.8 Å². The van der Waals surface area contributed by atoms with Gasteiger partial charge in [-0.15, -0.1) is 0 Å². The van der Waals surface area contributed by atoms with Gasteiger partial charge >= 0.3 is 0 Å². The summed E-state index contributed by atoms with van der Waals surface area (Å²) in [6, 6.07) is 14.0. The number of benzene rings is 2. The van der Waals surface area contributed by atoms with Crippen LogP contribution < -0.4 is 10.0 Å². The molecule has 3 aromatic rings. The number of nitrogens with zero attached hydrogens (tertiary/aromatic N) is 1. The third-order valence-electron chi connectivity index (χ3n) is 3.72. The van der Waals surface area contributed by atoms with Crippen molar-refractivity contribution >= 4 is 32.5 Å². The van der Waals surface area contributed by atoms with Crippen LogP contribution in [0.5, 0.6) is 0 Å². The number of amides is 1. The molecular formula is C17H18N4O3S. The van der Waals surface area contributed by atoms with Crippen molar-refractivity contribution in [3.8, 4) is 0 Å². The predicted octanol–water partition coefficient (Wildman–Crippen LogP) is 2.43. The number of nitrogens with one attached hydrogen (secondary N) is 3. The number of fused-ring (bicyclic) bond motifs is 1. The van der Waals surface area contributed by atoms with Crippen molar-refractivity contribution in [2.75, 3.05) is 11.0 Å². The number of anilines is 1. The first-order valence-corrected chi connectivity index (χ1v) is 9.54. The maximum Gasteiger partial charge on any atom is 0.272 e. The topological polar surface area (TPSA) is 104 Å². The summed E-state index contributed by atoms with van der Waals surface area (Å²) >= 11 is 0. The minimum atomic E-state index is -3.35. The smallest absolute Gasteiger partial charge is 0.272 e. The fraction of sp³-hybridized carbons (Fsp3) is 0.176. The van der Waals surface area contributed by atoms with Crippen molar-refractivity contribution in [3.63, 3.8) is 0 Å². The number of para-hydroxylation sites is 1. The van der Waals surface area contributed by atoms with E-state index < -0.39 is 10.0 Å². The van der Waals surface area contributed by atoms with Crippen LogP contribution in [0.15, 0.2) is 48.5 Å². The van der Waals surface area contributed by atoms with E-state index in [2.05, 4.69) is 20.2 Å². The highest BCUT2D eigenvalue weighted by Crippen LogP contribution is 2.20. The summed E-state index contributed by atoms with van der Waals surface area (Å²) in [6.07, 6.45) is 1.09. The number of aromatic amines is 1. The zero-order valence-electron chi connectivity index (χ0n) is 13.8. The fourth-order valence-corrected chi connectivity index (χ4v) is 3.13. The summed E-state index contributed by atoms with van der Waals surface area (Å²) in [5.41, 5.74) is 2.35. The second-order valence-electron chi connectivity index (χ2n) is 5.81. The first-order chi connectivity index (χ1) is 11.8. The lowest BCUT2D eigenvalue weighted by molar-refractivity contribution is 0.0936. The van der Waals surface area contributed by atoms with E-state index in [0.717, 1.165) is 22.7 Å². The van der Waals surface area contributed by atoms with Crippen LogP contribution in [-0.2, 0) is 10.0 Å². The summed E-state index contributed by atoms with van der Waals surface area (Å²) in [5, 5.41) is 10.5. The quantitative estimate of drug-likeness (QED) is 0.651. The van der Waals surface area contributed by atoms with Gasteiger partial charge < -0.3 is 5.32 Å². The standard InChI is InChI=1S/C17H18N4O3S/c1-11(12-6-5-7-13(10-12)21-25(2,23)24)18-17(22)16-14-8-3-4-9-15(14)19-20-16/h3-11,21H,1-2H3,(H,18,22)(H,19,20)/t11-/m1/s1. The van der Waals surface area contributed by atoms with E-state index in [1.165, 1.54) is 0 Å². The first-order valence-electron chi connectivity index (χ1n) is 7.65. The van der Waals surface area contributed by atoms with Crippen molar-refractivity contribution < 1.29 is 13.2 Å². The number of H-pyrrole nitrogens is 1. The number of hydrogen-bond donors (Lipinski definition) is 3. The average Bonchev–Trinajstić information content (AvgIpc) is 2.97. The third kappa shape index (κ3) is 3.97. The lowest BCUT2D eigenvalue weighted by Crippen LogP contribution is -2.27. The predicted molar refractivity (Wildman–Crippen MR) is 96.9 cm³/mol. The molecule has 1 aromatic heterocycles. The molecule has 1 heterocycles. The summed E-state index contributed by atoms with van der Waals surface area (Å²) in [6.45, 7) is 1.83. The van der Waals surface area contributed by atoms with Crippen LogP contribution in [0, 0.1) is 0 Å². The van der Waals surface area contributed by atoms with Crippen LogP contribution in [0.3, 0.4) is 0 Å². The molecule has 0 radical (unpaired) electrons. The number of hydrogen-bond acceptors (Lipinski definition) is 4. The monoisotopic (exact) mass is 358 g/mol. The van der Waals surface area contributed by atoms with Crippen molar-refractivity contribution in [1.82, 2.24) is 15.5 Å². The Morgan fingerprint density at radius 1 is 1.16 bits per heavy atom. The van der Waals surface area contributed by atoms with Crippen molar-refractivity contribution in [2.45, 2.75) is 13.0 Å². The van der Waals surface area contributed by atoms with Crippen LogP contribution in [0.25, 0.3) is 10.9 Å². The largest absolute Gasteiger partial charge is 0.344 e. The van der Waals surface area contributed by atoms with Crippen LogP contribution in [0.4, 0.5) is 5.69 Å². The van der Waals surface area contributed by atoms with Gasteiger partial charge in [0.2, 0.25) is 10.0 Å². The third-order valence-corrected chi connectivity index (χ3v) is 4.33. The van der Waals surface area contributed by atoms with Gasteiger partial charge in [-0.05, 0) is 30.7 Å². The maximum absolute atomic E-state index is 12.5. The van der Waals surface area contributed by atoms with Crippen molar-refractivity contribution in [1.29, 1.82) is 0 Å². The Balaban J connectivity index is 1.79. The molecule has 8 heteroatoms. The van der Waals surface area contributed by atoms with Crippen LogP contribution >= 0.6 is 0 Å². The molecule has 0 saturated heterocycles. The van der Waals surface area contributed by atoms with Gasteiger partial charge in [-0.3, -0.25) is 14.6 Å². The number of rotatable bonds is 5. The molecule has 1 atom stereocenters. The highest BCUT2D eigenvalue weighted by Gasteiger charge is 2.17. The molecule has 0 spiro atoms. The van der Waals surface area contributed by atoms with Gasteiger partial charge in [-0.2, -0.15) is 5.10 Å². The molecule has 0 saturated carbocycles. The summed E-state index contributed by atoms with van der Waals surface area (Å²) < 4.78 is 25.1. The van der Waals surface area contributed by atoms with E-state index in [4.69, 9.17) is 0 Å². The van der Waals surface area contributed by atoms with Gasteiger partial charge in [0, 0.05) is 11.1 Å². The summed E-state index contributed by atoms with van der Waals surface area (Å²) in [4.78, 5) is 12.5. The fourth-order valence-electron chi connectivity index (χ4n) is 2.57. The molecule has 0 aliphatic carbocycles. The van der Waals surface area contributed by atoms with Gasteiger partial charge in [0.25, 0.3) is 5.91 Å². The van der Waals surface area contributed by atoms with Gasteiger partial charge in [0.1, 0.15) is 0 Å². The first kappa shape index (κ1) is 17.0. The number of aromatic nitrogens is 2. The minimum Gasteiger partial charge on any atom is -0.344 e. The van der Waals surface area contributed by atoms with E-state index in [-0.39, 0.29) is 11.9 Å². The lowest BCUT2D eigenvalue weighted by atomic mass is 10.1. The molecule has 3 rings (SSSR count). The minimum absolute atomic E-state index is 0.300. The Labute approximate surface area is 145 Å². The van der Waals surface area contributed by atoms with E-state index in [0.29, 0.717) is 11.4 Å². The SMILES string of the molecule is C[C@@H](NC(=O)c1n[nH]c2ccccc12)c1cccc(NS(C)(=O)=O)c1. The Kier molecular flexibility index (Phi) is 4.45. The zero-order valence-corrected chi connectivity index (χ0v) is 14.6. The highest BCUT2D eigenvalue weighted by molar-refractivity contribution is 7.92. The lowest BCUT2D eigenvalue weighted by Gasteiger charge is -2.15. The van der Waals surface area contributed by atoms with Crippen LogP contribution in [0.1, 0.15) is 29.0 Å². The Morgan fingerprint density at radius 3 is 2.68 bits per heavy atom. The van der Waals surface area contributed by atoms with E-state index in [1.807, 2.05) is 37.3 Å². The number of carbonyl (C=O) groups excluding carboxylic acids is 1. The highest BCUT2D eigenvalue weighted by atomic mass is 32.2. The molecule has 3 N–H and O–H groups in total. The number of carbonyl (C=O) groups is 1. The molecule has 0 aliphatic heterocycles. The Hall–Kier alpha value is -2.87. The second-order valence-corrected chi connectivity index (χ2v) is 7.56. The van der Waals surface area contributed by atoms with E-state index in [1.54, 1.807) is 18.2 Å². The molecule has 0 unspecified atom stereocenters. The molecule has 130 valence electrons. The molecule has 0 fully saturated rings.